The highest BCUT2D eigenvalue weighted by atomic mass is 32.2. The molecule has 0 aliphatic carbocycles. The number of hydrogen-bond donors (Lipinski definition) is 2. The first-order valence-corrected chi connectivity index (χ1v) is 9.87. The molecule has 0 aliphatic rings. The average Bonchev–Trinajstić information content (AvgIpc) is 2.97. The first-order chi connectivity index (χ1) is 13.7. The Hall–Kier alpha value is -3.57. The van der Waals surface area contributed by atoms with Crippen molar-refractivity contribution in [2.45, 2.75) is 11.8 Å². The molecule has 0 aliphatic heterocycles. The van der Waals surface area contributed by atoms with Gasteiger partial charge in [-0.3, -0.25) is 4.79 Å². The molecule has 1 heterocycles. The van der Waals surface area contributed by atoms with Crippen molar-refractivity contribution in [1.29, 1.82) is 0 Å². The molecule has 3 N–H and O–H groups in total. The molecule has 0 bridgehead atoms. The number of para-hydroxylation sites is 1. The fourth-order valence-corrected chi connectivity index (χ4v) is 3.14. The van der Waals surface area contributed by atoms with E-state index in [4.69, 9.17) is 9.88 Å². The van der Waals surface area contributed by atoms with E-state index in [9.17, 15) is 23.1 Å². The highest BCUT2D eigenvalue weighted by molar-refractivity contribution is 7.89. The van der Waals surface area contributed by atoms with Gasteiger partial charge in [-0.05, 0) is 37.3 Å². The summed E-state index contributed by atoms with van der Waals surface area (Å²) in [6, 6.07) is 11.3. The van der Waals surface area contributed by atoms with Crippen LogP contribution in [0.1, 0.15) is 17.3 Å². The molecule has 0 spiro atoms. The number of nitrogens with two attached hydrogens (primary N) is 1. The van der Waals surface area contributed by atoms with Gasteiger partial charge in [-0.2, -0.15) is 0 Å². The number of azo groups is 1. The van der Waals surface area contributed by atoms with Gasteiger partial charge in [0.2, 0.25) is 15.9 Å². The fourth-order valence-electron chi connectivity index (χ4n) is 2.62. The second kappa shape index (κ2) is 7.81. The number of fused-ring (bicyclic) bond motifs is 1. The van der Waals surface area contributed by atoms with Crippen molar-refractivity contribution in [3.8, 4) is 5.88 Å². The Morgan fingerprint density at radius 1 is 1.14 bits per heavy atom. The molecule has 0 unspecified atom stereocenters. The lowest BCUT2D eigenvalue weighted by Crippen LogP contribution is -2.12. The van der Waals surface area contributed by atoms with Crippen LogP contribution in [0.25, 0.3) is 10.9 Å². The van der Waals surface area contributed by atoms with Crippen molar-refractivity contribution in [2.24, 2.45) is 15.4 Å². The summed E-state index contributed by atoms with van der Waals surface area (Å²) in [6.45, 7) is 1.73. The predicted molar refractivity (Wildman–Crippen MR) is 103 cm³/mol. The van der Waals surface area contributed by atoms with Crippen molar-refractivity contribution in [1.82, 2.24) is 4.57 Å². The maximum absolute atomic E-state index is 12.2. The molecule has 0 atom stereocenters. The van der Waals surface area contributed by atoms with E-state index in [0.29, 0.717) is 10.9 Å². The summed E-state index contributed by atoms with van der Waals surface area (Å²) in [5, 5.41) is 23.2. The lowest BCUT2D eigenvalue weighted by molar-refractivity contribution is 0.0995. The van der Waals surface area contributed by atoms with Gasteiger partial charge in [0.1, 0.15) is 0 Å². The minimum Gasteiger partial charge on any atom is -0.492 e. The van der Waals surface area contributed by atoms with Gasteiger partial charge in [0.15, 0.2) is 5.69 Å². The quantitative estimate of drug-likeness (QED) is 0.623. The third-order valence-electron chi connectivity index (χ3n) is 3.94. The van der Waals surface area contributed by atoms with Gasteiger partial charge in [-0.1, -0.05) is 18.2 Å². The average molecular weight is 416 g/mol. The summed E-state index contributed by atoms with van der Waals surface area (Å²) >= 11 is 0. The number of aromatic nitrogens is 1. The van der Waals surface area contributed by atoms with Crippen LogP contribution in [-0.4, -0.2) is 36.7 Å². The molecule has 0 radical (unpaired) electrons. The van der Waals surface area contributed by atoms with Gasteiger partial charge in [0.05, 0.1) is 17.0 Å². The van der Waals surface area contributed by atoms with Crippen LogP contribution in [-0.2, 0) is 14.8 Å². The Bertz CT molecular complexity index is 1230. The van der Waals surface area contributed by atoms with Crippen LogP contribution < -0.4 is 5.14 Å². The summed E-state index contributed by atoms with van der Waals surface area (Å²) in [5.41, 5.74) is 0.320. The third-order valence-corrected chi connectivity index (χ3v) is 4.87. The van der Waals surface area contributed by atoms with Crippen molar-refractivity contribution in [3.05, 3.63) is 54.1 Å². The number of rotatable bonds is 4. The molecule has 0 saturated heterocycles. The normalized spacial score (nSPS) is 11.8. The van der Waals surface area contributed by atoms with E-state index in [1.807, 2.05) is 0 Å². The first kappa shape index (κ1) is 20.2. The lowest BCUT2D eigenvalue weighted by atomic mass is 10.2. The number of aromatic hydroxyl groups is 1. The minimum absolute atomic E-state index is 0.0646. The summed E-state index contributed by atoms with van der Waals surface area (Å²) in [6.07, 6.45) is -0.799. The van der Waals surface area contributed by atoms with E-state index in [-0.39, 0.29) is 22.8 Å². The van der Waals surface area contributed by atoms with Gasteiger partial charge in [0.25, 0.3) is 5.91 Å². The minimum atomic E-state index is -3.89. The standard InChI is InChI=1S/C18H16N4O6S/c1-2-28-18(25)22-14-6-4-3-5-13(14)15(17(22)24)20-21-16(23)11-7-9-12(10-8-11)29(19,26)27/h3-10,24H,2H2,1H3,(H2,19,26,27). The number of primary sulfonamides is 1. The van der Waals surface area contributed by atoms with E-state index < -0.39 is 27.9 Å². The number of carbonyl (C=O) groups is 2. The van der Waals surface area contributed by atoms with Crippen LogP contribution in [0, 0.1) is 0 Å². The van der Waals surface area contributed by atoms with E-state index in [2.05, 4.69) is 10.2 Å². The van der Waals surface area contributed by atoms with Crippen molar-refractivity contribution in [3.63, 3.8) is 0 Å². The molecule has 150 valence electrons. The number of nitrogens with zero attached hydrogens (tertiary/aromatic N) is 3. The molecule has 29 heavy (non-hydrogen) atoms. The molecule has 3 rings (SSSR count). The highest BCUT2D eigenvalue weighted by Gasteiger charge is 2.22. The molecule has 3 aromatic rings. The number of sulfonamides is 1. The number of amides is 1. The largest absolute Gasteiger partial charge is 0.492 e. The predicted octanol–water partition coefficient (Wildman–Crippen LogP) is 2.92. The Balaban J connectivity index is 1.97. The van der Waals surface area contributed by atoms with Crippen LogP contribution in [0.4, 0.5) is 10.5 Å². The van der Waals surface area contributed by atoms with Gasteiger partial charge in [-0.15, -0.1) is 10.2 Å². The highest BCUT2D eigenvalue weighted by Crippen LogP contribution is 2.38. The van der Waals surface area contributed by atoms with Crippen molar-refractivity contribution < 1.29 is 27.9 Å². The summed E-state index contributed by atoms with van der Waals surface area (Å²) in [5.74, 6) is -1.30. The summed E-state index contributed by atoms with van der Waals surface area (Å²) < 4.78 is 28.4. The zero-order valence-electron chi connectivity index (χ0n) is 15.1. The van der Waals surface area contributed by atoms with Crippen LogP contribution in [0.2, 0.25) is 0 Å². The van der Waals surface area contributed by atoms with Crippen molar-refractivity contribution >= 4 is 38.6 Å². The second-order valence-corrected chi connectivity index (χ2v) is 7.36. The van der Waals surface area contributed by atoms with Crippen LogP contribution in [0.3, 0.4) is 0 Å². The SMILES string of the molecule is CCOC(=O)n1c(O)c(N=NC(=O)c2ccc(S(N)(=O)=O)cc2)c2ccccc21. The number of ether oxygens (including phenoxy) is 1. The van der Waals surface area contributed by atoms with E-state index in [1.165, 1.54) is 24.3 Å². The molecule has 0 fully saturated rings. The van der Waals surface area contributed by atoms with Crippen molar-refractivity contribution in [2.75, 3.05) is 6.61 Å². The molecular formula is C18H16N4O6S. The molecule has 11 heteroatoms. The molecule has 0 saturated carbocycles. The topological polar surface area (TPSA) is 153 Å². The van der Waals surface area contributed by atoms with Gasteiger partial charge < -0.3 is 9.84 Å². The Morgan fingerprint density at radius 3 is 2.41 bits per heavy atom. The Labute approximate surface area is 165 Å². The number of hydrogen-bond acceptors (Lipinski definition) is 7. The third kappa shape index (κ3) is 4.00. The van der Waals surface area contributed by atoms with Crippen LogP contribution in [0.15, 0.2) is 63.7 Å². The van der Waals surface area contributed by atoms with Crippen LogP contribution in [0.5, 0.6) is 5.88 Å². The monoisotopic (exact) mass is 416 g/mol. The zero-order valence-corrected chi connectivity index (χ0v) is 16.0. The Morgan fingerprint density at radius 2 is 1.79 bits per heavy atom. The molecular weight excluding hydrogens is 400 g/mol. The Kier molecular flexibility index (Phi) is 5.43. The molecule has 1 aromatic heterocycles. The number of benzene rings is 2. The van der Waals surface area contributed by atoms with E-state index >= 15 is 0 Å². The zero-order chi connectivity index (χ0) is 21.2. The van der Waals surface area contributed by atoms with Gasteiger partial charge in [-0.25, -0.2) is 22.9 Å². The number of carbonyl (C=O) groups excluding carboxylic acids is 2. The fraction of sp³-hybridized carbons (Fsp3) is 0.111. The molecule has 1 amide bonds. The van der Waals surface area contributed by atoms with Gasteiger partial charge >= 0.3 is 6.09 Å². The first-order valence-electron chi connectivity index (χ1n) is 8.32. The second-order valence-electron chi connectivity index (χ2n) is 5.80. The van der Waals surface area contributed by atoms with Gasteiger partial charge in [0, 0.05) is 10.9 Å². The van der Waals surface area contributed by atoms with E-state index in [0.717, 1.165) is 4.57 Å². The summed E-state index contributed by atoms with van der Waals surface area (Å²) in [7, 11) is -3.89. The van der Waals surface area contributed by atoms with E-state index in [1.54, 1.807) is 31.2 Å². The van der Waals surface area contributed by atoms with Crippen LogP contribution >= 0.6 is 0 Å². The molecule has 2 aromatic carbocycles. The smallest absolute Gasteiger partial charge is 0.421 e. The lowest BCUT2D eigenvalue weighted by Gasteiger charge is -2.04. The molecule has 10 nitrogen and oxygen atoms in total. The maximum atomic E-state index is 12.2. The summed E-state index contributed by atoms with van der Waals surface area (Å²) in [4.78, 5) is 24.2. The maximum Gasteiger partial charge on any atom is 0.421 e.